The maximum atomic E-state index is 13.3. The lowest BCUT2D eigenvalue weighted by Crippen LogP contribution is -2.32. The summed E-state index contributed by atoms with van der Waals surface area (Å²) in [4.78, 5) is 26.6. The molecule has 248 valence electrons. The van der Waals surface area contributed by atoms with Crippen molar-refractivity contribution in [2.45, 2.75) is 27.7 Å². The zero-order chi connectivity index (χ0) is 35.3. The molecular formula is C42H40N2O5. The third-order valence-electron chi connectivity index (χ3n) is 7.56. The number of nitriles is 2. The summed E-state index contributed by atoms with van der Waals surface area (Å²) in [6.45, 7) is 8.11. The number of benzene rings is 4. The fourth-order valence-corrected chi connectivity index (χ4v) is 5.09. The van der Waals surface area contributed by atoms with Gasteiger partial charge in [-0.1, -0.05) is 149 Å². The fraction of sp³-hybridized carbons (Fsp3) is 0.238. The van der Waals surface area contributed by atoms with Crippen LogP contribution in [0.3, 0.4) is 0 Å². The van der Waals surface area contributed by atoms with Crippen LogP contribution < -0.4 is 0 Å². The second-order valence-electron chi connectivity index (χ2n) is 13.2. The molecule has 7 heteroatoms. The Bertz CT molecular complexity index is 1640. The minimum Gasteiger partial charge on any atom is -0.461 e. The van der Waals surface area contributed by atoms with Crippen LogP contribution in [0.4, 0.5) is 0 Å². The van der Waals surface area contributed by atoms with Gasteiger partial charge in [0.25, 0.3) is 0 Å². The Hall–Kier alpha value is -5.76. The molecule has 0 fully saturated rings. The molecule has 0 atom stereocenters. The number of rotatable bonds is 14. The summed E-state index contributed by atoms with van der Waals surface area (Å²) >= 11 is 0. The normalized spacial score (nSPS) is 11.0. The Kier molecular flexibility index (Phi) is 12.4. The number of carbonyl (C=O) groups excluding carboxylic acids is 2. The smallest absolute Gasteiger partial charge is 0.349 e. The van der Waals surface area contributed by atoms with Gasteiger partial charge >= 0.3 is 11.9 Å². The summed E-state index contributed by atoms with van der Waals surface area (Å²) in [5.41, 5.74) is 2.64. The van der Waals surface area contributed by atoms with Crippen LogP contribution in [0.1, 0.15) is 49.9 Å². The van der Waals surface area contributed by atoms with Crippen molar-refractivity contribution in [1.29, 1.82) is 10.5 Å². The summed E-state index contributed by atoms with van der Waals surface area (Å²) in [7, 11) is 0. The molecule has 0 aliphatic carbocycles. The van der Waals surface area contributed by atoms with Gasteiger partial charge in [0.15, 0.2) is 0 Å². The number of carbonyl (C=O) groups is 2. The van der Waals surface area contributed by atoms with Crippen molar-refractivity contribution in [2.75, 3.05) is 26.4 Å². The van der Waals surface area contributed by atoms with Crippen molar-refractivity contribution in [3.05, 3.63) is 155 Å². The van der Waals surface area contributed by atoms with Crippen LogP contribution in [0.25, 0.3) is 11.1 Å². The highest BCUT2D eigenvalue weighted by Crippen LogP contribution is 2.30. The number of ether oxygens (including phenoxy) is 3. The number of esters is 2. The molecule has 0 aliphatic heterocycles. The molecule has 0 bridgehead atoms. The van der Waals surface area contributed by atoms with Gasteiger partial charge in [-0.25, -0.2) is 9.59 Å². The van der Waals surface area contributed by atoms with Crippen LogP contribution in [0.2, 0.25) is 0 Å². The van der Waals surface area contributed by atoms with Crippen LogP contribution in [-0.4, -0.2) is 38.4 Å². The molecule has 0 N–H and O–H groups in total. The molecule has 0 aromatic heterocycles. The predicted octanol–water partition coefficient (Wildman–Crippen LogP) is 8.19. The third-order valence-corrected chi connectivity index (χ3v) is 7.56. The Balaban J connectivity index is 1.38. The van der Waals surface area contributed by atoms with Crippen LogP contribution in [0, 0.1) is 33.5 Å². The highest BCUT2D eigenvalue weighted by Gasteiger charge is 2.28. The molecular weight excluding hydrogens is 612 g/mol. The molecule has 0 saturated carbocycles. The molecule has 7 nitrogen and oxygen atoms in total. The third kappa shape index (κ3) is 10.1. The van der Waals surface area contributed by atoms with Gasteiger partial charge in [-0.05, 0) is 22.3 Å². The number of hydrogen-bond acceptors (Lipinski definition) is 7. The van der Waals surface area contributed by atoms with E-state index in [1.165, 1.54) is 0 Å². The Morgan fingerprint density at radius 3 is 1.00 bits per heavy atom. The van der Waals surface area contributed by atoms with Gasteiger partial charge in [0.05, 0.1) is 26.4 Å². The topological polar surface area (TPSA) is 109 Å². The van der Waals surface area contributed by atoms with Crippen LogP contribution in [-0.2, 0) is 23.8 Å². The first-order valence-corrected chi connectivity index (χ1v) is 16.0. The SMILES string of the molecule is CC(C)(COCC(C)(C)COC(=O)C(C#N)=C(c1ccccc1)c1ccccc1)COC(=O)C(C#N)=C(c1ccccc1)c1ccccc1. The molecule has 4 rings (SSSR count). The quantitative estimate of drug-likeness (QED) is 0.0767. The zero-order valence-corrected chi connectivity index (χ0v) is 28.3. The lowest BCUT2D eigenvalue weighted by molar-refractivity contribution is -0.144. The molecule has 4 aromatic rings. The first-order chi connectivity index (χ1) is 23.5. The average Bonchev–Trinajstić information content (AvgIpc) is 3.12. The largest absolute Gasteiger partial charge is 0.461 e. The predicted molar refractivity (Wildman–Crippen MR) is 189 cm³/mol. The minimum atomic E-state index is -0.711. The Labute approximate surface area is 288 Å². The van der Waals surface area contributed by atoms with E-state index in [4.69, 9.17) is 14.2 Å². The maximum Gasteiger partial charge on any atom is 0.349 e. The number of hydrogen-bond donors (Lipinski definition) is 0. The Morgan fingerprint density at radius 2 is 0.755 bits per heavy atom. The van der Waals surface area contributed by atoms with Gasteiger partial charge in [-0.3, -0.25) is 0 Å². The second-order valence-corrected chi connectivity index (χ2v) is 13.2. The van der Waals surface area contributed by atoms with Crippen molar-refractivity contribution in [3.63, 3.8) is 0 Å². The first kappa shape index (κ1) is 36.1. The van der Waals surface area contributed by atoms with Crippen molar-refractivity contribution in [3.8, 4) is 12.1 Å². The summed E-state index contributed by atoms with van der Waals surface area (Å²) in [6, 6.07) is 41.3. The van der Waals surface area contributed by atoms with Crippen molar-refractivity contribution in [2.24, 2.45) is 10.8 Å². The van der Waals surface area contributed by atoms with Gasteiger partial charge in [-0.2, -0.15) is 10.5 Å². The highest BCUT2D eigenvalue weighted by atomic mass is 16.5. The highest BCUT2D eigenvalue weighted by molar-refractivity contribution is 6.06. The van der Waals surface area contributed by atoms with E-state index in [9.17, 15) is 20.1 Å². The van der Waals surface area contributed by atoms with E-state index in [0.717, 1.165) is 22.3 Å². The molecule has 49 heavy (non-hydrogen) atoms. The fourth-order valence-electron chi connectivity index (χ4n) is 5.09. The van der Waals surface area contributed by atoms with Crippen LogP contribution in [0.15, 0.2) is 132 Å². The maximum absolute atomic E-state index is 13.3. The first-order valence-electron chi connectivity index (χ1n) is 16.0. The van der Waals surface area contributed by atoms with Gasteiger partial charge in [-0.15, -0.1) is 0 Å². The summed E-state index contributed by atoms with van der Waals surface area (Å²) in [6.07, 6.45) is 0. The van der Waals surface area contributed by atoms with E-state index >= 15 is 0 Å². The summed E-state index contributed by atoms with van der Waals surface area (Å²) in [5, 5.41) is 20.1. The number of nitrogens with zero attached hydrogens (tertiary/aromatic N) is 2. The van der Waals surface area contributed by atoms with Gasteiger partial charge < -0.3 is 14.2 Å². The van der Waals surface area contributed by atoms with Crippen molar-refractivity contribution in [1.82, 2.24) is 0 Å². The summed E-state index contributed by atoms with van der Waals surface area (Å²) in [5.74, 6) is -1.42. The molecule has 0 unspecified atom stereocenters. The molecule has 0 spiro atoms. The Morgan fingerprint density at radius 1 is 0.490 bits per heavy atom. The second kappa shape index (κ2) is 16.9. The minimum absolute atomic E-state index is 0.0152. The van der Waals surface area contributed by atoms with E-state index in [2.05, 4.69) is 12.1 Å². The standard InChI is InChI=1S/C42H40N2O5/c1-41(2,29-48-39(45)35(25-43)37(31-17-9-5-10-18-31)32-19-11-6-12-20-32)27-47-28-42(3,4)30-49-40(46)36(26-44)38(33-21-13-7-14-22-33)34-23-15-8-16-24-34/h5-24H,27-30H2,1-4H3. The van der Waals surface area contributed by atoms with Gasteiger partial charge in [0.2, 0.25) is 0 Å². The van der Waals surface area contributed by atoms with E-state index < -0.39 is 22.8 Å². The van der Waals surface area contributed by atoms with E-state index in [-0.39, 0.29) is 37.6 Å². The summed E-state index contributed by atoms with van der Waals surface area (Å²) < 4.78 is 17.4. The molecule has 0 aliphatic rings. The van der Waals surface area contributed by atoms with Crippen molar-refractivity contribution < 1.29 is 23.8 Å². The molecule has 4 aromatic carbocycles. The zero-order valence-electron chi connectivity index (χ0n) is 28.3. The van der Waals surface area contributed by atoms with E-state index in [1.54, 1.807) is 0 Å². The molecule has 0 heterocycles. The van der Waals surface area contributed by atoms with Gasteiger partial charge in [0, 0.05) is 22.0 Å². The van der Waals surface area contributed by atoms with Crippen molar-refractivity contribution >= 4 is 23.1 Å². The lowest BCUT2D eigenvalue weighted by Gasteiger charge is -2.28. The van der Waals surface area contributed by atoms with E-state index in [0.29, 0.717) is 11.1 Å². The van der Waals surface area contributed by atoms with Gasteiger partial charge in [0.1, 0.15) is 23.3 Å². The van der Waals surface area contributed by atoms with E-state index in [1.807, 2.05) is 149 Å². The van der Waals surface area contributed by atoms with Crippen LogP contribution >= 0.6 is 0 Å². The molecule has 0 radical (unpaired) electrons. The molecule has 0 saturated heterocycles. The monoisotopic (exact) mass is 652 g/mol. The average molecular weight is 653 g/mol. The lowest BCUT2D eigenvalue weighted by atomic mass is 9.93. The molecule has 0 amide bonds. The van der Waals surface area contributed by atoms with Crippen LogP contribution in [0.5, 0.6) is 0 Å².